The Morgan fingerprint density at radius 1 is 1.18 bits per heavy atom. The largest absolute Gasteiger partial charge is 0.463 e. The standard InChI is InChI=1S/C20H27N5O8/c1-4-5-6-7-13(28)30-8-12-15(31-10(2)26)16(32-11(3)27)19(33-12)25-9-22-14-17(25)23-20(21)24-18(14)29/h9,12,15-16,19H,4-8H2,1-3H3,(H3,21,23,24,29)/t12-,15-,16-,19-/m1/s1. The first-order chi connectivity index (χ1) is 15.7. The van der Waals surface area contributed by atoms with Crippen molar-refractivity contribution in [1.29, 1.82) is 0 Å². The molecule has 0 aromatic carbocycles. The van der Waals surface area contributed by atoms with Crippen molar-refractivity contribution in [2.24, 2.45) is 0 Å². The summed E-state index contributed by atoms with van der Waals surface area (Å²) in [6.07, 6.45) is -0.187. The average molecular weight is 465 g/mol. The first-order valence-electron chi connectivity index (χ1n) is 10.6. The monoisotopic (exact) mass is 465 g/mol. The molecule has 0 aliphatic carbocycles. The fraction of sp³-hybridized carbons (Fsp3) is 0.600. The van der Waals surface area contributed by atoms with E-state index in [2.05, 4.69) is 15.0 Å². The minimum absolute atomic E-state index is 0.00999. The summed E-state index contributed by atoms with van der Waals surface area (Å²) in [5, 5.41) is 0. The normalized spacial score (nSPS) is 22.3. The van der Waals surface area contributed by atoms with E-state index in [1.807, 2.05) is 6.92 Å². The number of nitrogens with zero attached hydrogens (tertiary/aromatic N) is 3. The first kappa shape index (κ1) is 24.2. The number of carbonyl (C=O) groups excluding carboxylic acids is 3. The van der Waals surface area contributed by atoms with E-state index in [-0.39, 0.29) is 30.1 Å². The van der Waals surface area contributed by atoms with Gasteiger partial charge in [0.15, 0.2) is 29.6 Å². The summed E-state index contributed by atoms with van der Waals surface area (Å²) in [5.74, 6) is -1.87. The Labute approximate surface area is 188 Å². The van der Waals surface area contributed by atoms with Gasteiger partial charge >= 0.3 is 17.9 Å². The van der Waals surface area contributed by atoms with E-state index in [1.54, 1.807) is 0 Å². The highest BCUT2D eigenvalue weighted by molar-refractivity contribution is 5.71. The molecular formula is C20H27N5O8. The SMILES string of the molecule is CCCCCC(=O)OC[C@H]1O[C@@H](n2cnc3c(=O)[nH]c(N)nc32)[C@H](OC(C)=O)[C@@H]1OC(C)=O. The van der Waals surface area contributed by atoms with Crippen LogP contribution < -0.4 is 11.3 Å². The third-order valence-corrected chi connectivity index (χ3v) is 5.01. The van der Waals surface area contributed by atoms with Crippen molar-refractivity contribution in [3.05, 3.63) is 16.7 Å². The van der Waals surface area contributed by atoms with Crippen molar-refractivity contribution in [3.8, 4) is 0 Å². The lowest BCUT2D eigenvalue weighted by Gasteiger charge is -2.23. The molecule has 3 heterocycles. The maximum Gasteiger partial charge on any atom is 0.305 e. The highest BCUT2D eigenvalue weighted by Gasteiger charge is 2.51. The number of nitrogen functional groups attached to an aromatic ring is 1. The number of nitrogens with one attached hydrogen (secondary N) is 1. The van der Waals surface area contributed by atoms with E-state index in [9.17, 15) is 19.2 Å². The molecule has 0 radical (unpaired) electrons. The fourth-order valence-corrected chi connectivity index (χ4v) is 3.61. The summed E-state index contributed by atoms with van der Waals surface area (Å²) in [6.45, 7) is 4.17. The van der Waals surface area contributed by atoms with Crippen LogP contribution in [0.3, 0.4) is 0 Å². The molecule has 13 heteroatoms. The van der Waals surface area contributed by atoms with Crippen LogP contribution in [0.4, 0.5) is 5.95 Å². The molecule has 2 aromatic rings. The Balaban J connectivity index is 1.91. The van der Waals surface area contributed by atoms with E-state index >= 15 is 0 Å². The number of esters is 3. The van der Waals surface area contributed by atoms with Gasteiger partial charge in [0, 0.05) is 20.3 Å². The zero-order chi connectivity index (χ0) is 24.1. The number of unbranched alkanes of at least 4 members (excludes halogenated alkanes) is 2. The maximum atomic E-state index is 12.1. The van der Waals surface area contributed by atoms with Gasteiger partial charge in [-0.15, -0.1) is 0 Å². The molecule has 2 aromatic heterocycles. The summed E-state index contributed by atoms with van der Waals surface area (Å²) in [7, 11) is 0. The van der Waals surface area contributed by atoms with E-state index in [0.29, 0.717) is 6.42 Å². The molecule has 0 saturated carbocycles. The van der Waals surface area contributed by atoms with Crippen LogP contribution in [0.1, 0.15) is 52.7 Å². The zero-order valence-electron chi connectivity index (χ0n) is 18.6. The molecule has 1 fully saturated rings. The van der Waals surface area contributed by atoms with Crippen LogP contribution in [-0.2, 0) is 33.3 Å². The van der Waals surface area contributed by atoms with Crippen molar-refractivity contribution < 1.29 is 33.3 Å². The quantitative estimate of drug-likeness (QED) is 0.301. The Bertz CT molecular complexity index is 1080. The van der Waals surface area contributed by atoms with Gasteiger partial charge in [-0.1, -0.05) is 19.8 Å². The number of hydrogen-bond donors (Lipinski definition) is 2. The molecule has 4 atom stereocenters. The van der Waals surface area contributed by atoms with Crippen LogP contribution in [0, 0.1) is 0 Å². The number of anilines is 1. The third kappa shape index (κ3) is 5.66. The molecule has 0 bridgehead atoms. The predicted octanol–water partition coefficient (Wildman–Crippen LogP) is 0.586. The lowest BCUT2D eigenvalue weighted by atomic mass is 10.1. The molecular weight excluding hydrogens is 438 g/mol. The van der Waals surface area contributed by atoms with E-state index in [0.717, 1.165) is 12.8 Å². The summed E-state index contributed by atoms with van der Waals surface area (Å²) < 4.78 is 23.5. The minimum atomic E-state index is -1.13. The van der Waals surface area contributed by atoms with Gasteiger partial charge in [0.05, 0.1) is 6.33 Å². The lowest BCUT2D eigenvalue weighted by Crippen LogP contribution is -2.40. The maximum absolute atomic E-state index is 12.1. The zero-order valence-corrected chi connectivity index (χ0v) is 18.6. The number of hydrogen-bond acceptors (Lipinski definition) is 11. The Morgan fingerprint density at radius 3 is 2.55 bits per heavy atom. The molecule has 0 unspecified atom stereocenters. The number of carbonyl (C=O) groups is 3. The molecule has 1 aliphatic heterocycles. The van der Waals surface area contributed by atoms with Crippen molar-refractivity contribution in [1.82, 2.24) is 19.5 Å². The number of ether oxygens (including phenoxy) is 4. The van der Waals surface area contributed by atoms with Crippen LogP contribution in [0.15, 0.2) is 11.1 Å². The summed E-state index contributed by atoms with van der Waals surface area (Å²) in [4.78, 5) is 58.3. The molecule has 180 valence electrons. The minimum Gasteiger partial charge on any atom is -0.463 e. The Hall–Kier alpha value is -3.48. The van der Waals surface area contributed by atoms with Crippen LogP contribution in [-0.4, -0.2) is 62.3 Å². The van der Waals surface area contributed by atoms with Gasteiger partial charge in [0.25, 0.3) is 5.56 Å². The van der Waals surface area contributed by atoms with Gasteiger partial charge in [0.1, 0.15) is 12.7 Å². The predicted molar refractivity (Wildman–Crippen MR) is 113 cm³/mol. The Morgan fingerprint density at radius 2 is 1.88 bits per heavy atom. The number of aromatic nitrogens is 4. The summed E-state index contributed by atoms with van der Waals surface area (Å²) in [5.41, 5.74) is 5.17. The van der Waals surface area contributed by atoms with Gasteiger partial charge in [-0.3, -0.25) is 28.7 Å². The summed E-state index contributed by atoms with van der Waals surface area (Å²) in [6, 6.07) is 0. The van der Waals surface area contributed by atoms with Crippen molar-refractivity contribution in [2.45, 2.75) is 71.0 Å². The molecule has 1 saturated heterocycles. The lowest BCUT2D eigenvalue weighted by molar-refractivity contribution is -0.166. The van der Waals surface area contributed by atoms with E-state index < -0.39 is 48.0 Å². The number of H-pyrrole nitrogens is 1. The highest BCUT2D eigenvalue weighted by atomic mass is 16.7. The first-order valence-corrected chi connectivity index (χ1v) is 10.6. The van der Waals surface area contributed by atoms with E-state index in [1.165, 1.54) is 24.7 Å². The van der Waals surface area contributed by atoms with Gasteiger partial charge in [-0.05, 0) is 6.42 Å². The van der Waals surface area contributed by atoms with Gasteiger partial charge in [0.2, 0.25) is 5.95 Å². The number of aromatic amines is 1. The number of fused-ring (bicyclic) bond motifs is 1. The molecule has 0 amide bonds. The second-order valence-electron chi connectivity index (χ2n) is 7.63. The van der Waals surface area contributed by atoms with Crippen molar-refractivity contribution >= 4 is 35.0 Å². The average Bonchev–Trinajstić information content (AvgIpc) is 3.28. The number of nitrogens with two attached hydrogens (primary N) is 1. The van der Waals surface area contributed by atoms with Crippen molar-refractivity contribution in [3.63, 3.8) is 0 Å². The van der Waals surface area contributed by atoms with E-state index in [4.69, 9.17) is 24.7 Å². The smallest absolute Gasteiger partial charge is 0.305 e. The molecule has 1 aliphatic rings. The molecule has 13 nitrogen and oxygen atoms in total. The van der Waals surface area contributed by atoms with Gasteiger partial charge in [-0.25, -0.2) is 4.98 Å². The van der Waals surface area contributed by atoms with Gasteiger partial charge < -0.3 is 24.7 Å². The molecule has 3 N–H and O–H groups in total. The number of imidazole rings is 1. The van der Waals surface area contributed by atoms with Crippen LogP contribution in [0.5, 0.6) is 0 Å². The van der Waals surface area contributed by atoms with Crippen LogP contribution >= 0.6 is 0 Å². The number of rotatable bonds is 9. The van der Waals surface area contributed by atoms with Crippen LogP contribution in [0.2, 0.25) is 0 Å². The Kier molecular flexibility index (Phi) is 7.63. The van der Waals surface area contributed by atoms with Crippen molar-refractivity contribution in [2.75, 3.05) is 12.3 Å². The topological polar surface area (TPSA) is 178 Å². The van der Waals surface area contributed by atoms with Gasteiger partial charge in [-0.2, -0.15) is 4.98 Å². The second kappa shape index (κ2) is 10.4. The third-order valence-electron chi connectivity index (χ3n) is 5.01. The van der Waals surface area contributed by atoms with Crippen LogP contribution in [0.25, 0.3) is 11.2 Å². The fourth-order valence-electron chi connectivity index (χ4n) is 3.61. The summed E-state index contributed by atoms with van der Waals surface area (Å²) >= 11 is 0. The molecule has 3 rings (SSSR count). The molecule has 0 spiro atoms. The molecule has 33 heavy (non-hydrogen) atoms. The second-order valence-corrected chi connectivity index (χ2v) is 7.63. The highest BCUT2D eigenvalue weighted by Crippen LogP contribution is 2.35.